The number of hydrogen-bond acceptors (Lipinski definition) is 4. The van der Waals surface area contributed by atoms with Crippen LogP contribution < -0.4 is 15.4 Å². The van der Waals surface area contributed by atoms with Gasteiger partial charge in [0, 0.05) is 24.5 Å². The van der Waals surface area contributed by atoms with Gasteiger partial charge in [0.25, 0.3) is 0 Å². The van der Waals surface area contributed by atoms with Crippen LogP contribution in [0.15, 0.2) is 18.3 Å². The lowest BCUT2D eigenvalue weighted by molar-refractivity contribution is -0.120. The highest BCUT2D eigenvalue weighted by Gasteiger charge is 2.29. The molecule has 1 aromatic heterocycles. The molecule has 2 heterocycles. The summed E-state index contributed by atoms with van der Waals surface area (Å²) in [5, 5.41) is 6.10. The quantitative estimate of drug-likeness (QED) is 0.816. The Morgan fingerprint density at radius 2 is 2.41 bits per heavy atom. The van der Waals surface area contributed by atoms with Gasteiger partial charge in [0.2, 0.25) is 11.8 Å². The zero-order valence-corrected chi connectivity index (χ0v) is 10.1. The highest BCUT2D eigenvalue weighted by atomic mass is 16.5. The highest BCUT2D eigenvalue weighted by molar-refractivity contribution is 5.93. The molecule has 5 heteroatoms. The molecule has 0 saturated carbocycles. The van der Waals surface area contributed by atoms with Crippen molar-refractivity contribution in [2.24, 2.45) is 11.8 Å². The van der Waals surface area contributed by atoms with Gasteiger partial charge in [0.1, 0.15) is 0 Å². The lowest BCUT2D eigenvalue weighted by Crippen LogP contribution is -2.27. The zero-order valence-electron chi connectivity index (χ0n) is 10.1. The minimum atomic E-state index is 0.0363. The molecule has 1 fully saturated rings. The Morgan fingerprint density at radius 3 is 3.06 bits per heavy atom. The minimum Gasteiger partial charge on any atom is -0.481 e. The van der Waals surface area contributed by atoms with Gasteiger partial charge >= 0.3 is 0 Å². The van der Waals surface area contributed by atoms with Gasteiger partial charge in [-0.15, -0.1) is 0 Å². The van der Waals surface area contributed by atoms with E-state index in [1.165, 1.54) is 0 Å². The monoisotopic (exact) mass is 235 g/mol. The minimum absolute atomic E-state index is 0.0363. The summed E-state index contributed by atoms with van der Waals surface area (Å²) in [7, 11) is 1.55. The van der Waals surface area contributed by atoms with Gasteiger partial charge in [-0.3, -0.25) is 4.79 Å². The number of pyridine rings is 1. The Bertz CT molecular complexity index is 408. The molecule has 2 atom stereocenters. The van der Waals surface area contributed by atoms with E-state index in [4.69, 9.17) is 4.74 Å². The van der Waals surface area contributed by atoms with E-state index in [0.717, 1.165) is 18.8 Å². The van der Waals surface area contributed by atoms with Crippen molar-refractivity contribution < 1.29 is 9.53 Å². The van der Waals surface area contributed by atoms with Crippen molar-refractivity contribution in [1.82, 2.24) is 10.3 Å². The fraction of sp³-hybridized carbons (Fsp3) is 0.500. The van der Waals surface area contributed by atoms with E-state index < -0.39 is 0 Å². The Kier molecular flexibility index (Phi) is 3.58. The summed E-state index contributed by atoms with van der Waals surface area (Å²) in [6, 6.07) is 3.47. The Hall–Kier alpha value is -1.62. The second-order valence-corrected chi connectivity index (χ2v) is 4.32. The molecule has 2 N–H and O–H groups in total. The zero-order chi connectivity index (χ0) is 12.3. The molecule has 0 spiro atoms. The predicted molar refractivity (Wildman–Crippen MR) is 64.9 cm³/mol. The van der Waals surface area contributed by atoms with E-state index in [2.05, 4.69) is 22.5 Å². The standard InChI is InChI=1S/C12H17N3O2/c1-8-6-13-7-10(8)12(16)15-9-3-4-14-11(5-9)17-2/h3-5,8,10,13H,6-7H2,1-2H3,(H,14,15,16)/t8-,10-/m1/s1. The number of anilines is 1. The van der Waals surface area contributed by atoms with Crippen molar-refractivity contribution in [3.05, 3.63) is 18.3 Å². The summed E-state index contributed by atoms with van der Waals surface area (Å²) in [6.07, 6.45) is 1.62. The number of ether oxygens (including phenoxy) is 1. The first-order chi connectivity index (χ1) is 8.20. The topological polar surface area (TPSA) is 63.2 Å². The van der Waals surface area contributed by atoms with Crippen LogP contribution in [0.3, 0.4) is 0 Å². The Labute approximate surface area is 101 Å². The summed E-state index contributed by atoms with van der Waals surface area (Å²) in [5.41, 5.74) is 0.723. The molecule has 0 aromatic carbocycles. The van der Waals surface area contributed by atoms with Gasteiger partial charge in [-0.25, -0.2) is 4.98 Å². The molecule has 17 heavy (non-hydrogen) atoms. The first-order valence-corrected chi connectivity index (χ1v) is 5.72. The van der Waals surface area contributed by atoms with Crippen molar-refractivity contribution >= 4 is 11.6 Å². The smallest absolute Gasteiger partial charge is 0.229 e. The van der Waals surface area contributed by atoms with Crippen LogP contribution in [0.1, 0.15) is 6.92 Å². The highest BCUT2D eigenvalue weighted by Crippen LogP contribution is 2.19. The summed E-state index contributed by atoms with van der Waals surface area (Å²) >= 11 is 0. The molecule has 0 bridgehead atoms. The Balaban J connectivity index is 2.02. The van der Waals surface area contributed by atoms with Crippen molar-refractivity contribution in [3.63, 3.8) is 0 Å². The number of carbonyl (C=O) groups excluding carboxylic acids is 1. The van der Waals surface area contributed by atoms with Gasteiger partial charge in [-0.1, -0.05) is 6.92 Å². The number of amides is 1. The first kappa shape index (κ1) is 11.9. The number of nitrogens with one attached hydrogen (secondary N) is 2. The molecule has 5 nitrogen and oxygen atoms in total. The van der Waals surface area contributed by atoms with Crippen LogP contribution >= 0.6 is 0 Å². The number of carbonyl (C=O) groups is 1. The fourth-order valence-electron chi connectivity index (χ4n) is 1.99. The maximum absolute atomic E-state index is 12.0. The van der Waals surface area contributed by atoms with Crippen LogP contribution in [-0.4, -0.2) is 31.1 Å². The summed E-state index contributed by atoms with van der Waals surface area (Å²) in [4.78, 5) is 16.0. The molecular weight excluding hydrogens is 218 g/mol. The van der Waals surface area contributed by atoms with Crippen LogP contribution in [0.4, 0.5) is 5.69 Å². The first-order valence-electron chi connectivity index (χ1n) is 5.72. The lowest BCUT2D eigenvalue weighted by atomic mass is 9.97. The van der Waals surface area contributed by atoms with Crippen LogP contribution in [0.2, 0.25) is 0 Å². The van der Waals surface area contributed by atoms with Crippen LogP contribution in [0.5, 0.6) is 5.88 Å². The number of methoxy groups -OCH3 is 1. The molecule has 1 amide bonds. The molecular formula is C12H17N3O2. The maximum Gasteiger partial charge on any atom is 0.229 e. The van der Waals surface area contributed by atoms with E-state index >= 15 is 0 Å². The van der Waals surface area contributed by atoms with Gasteiger partial charge < -0.3 is 15.4 Å². The van der Waals surface area contributed by atoms with E-state index in [0.29, 0.717) is 11.8 Å². The lowest BCUT2D eigenvalue weighted by Gasteiger charge is -2.14. The maximum atomic E-state index is 12.0. The van der Waals surface area contributed by atoms with Gasteiger partial charge in [-0.2, -0.15) is 0 Å². The van der Waals surface area contributed by atoms with Crippen LogP contribution in [0, 0.1) is 11.8 Å². The molecule has 1 aromatic rings. The van der Waals surface area contributed by atoms with E-state index in [1.807, 2.05) is 0 Å². The van der Waals surface area contributed by atoms with Crippen molar-refractivity contribution in [3.8, 4) is 5.88 Å². The number of aromatic nitrogens is 1. The average molecular weight is 235 g/mol. The van der Waals surface area contributed by atoms with Crippen molar-refractivity contribution in [2.75, 3.05) is 25.5 Å². The fourth-order valence-corrected chi connectivity index (χ4v) is 1.99. The molecule has 0 unspecified atom stereocenters. The van der Waals surface area contributed by atoms with Gasteiger partial charge in [0.15, 0.2) is 0 Å². The predicted octanol–water partition coefficient (Wildman–Crippen LogP) is 0.884. The molecule has 0 aliphatic carbocycles. The second kappa shape index (κ2) is 5.14. The molecule has 2 rings (SSSR count). The third kappa shape index (κ3) is 2.74. The normalized spacial score (nSPS) is 23.4. The third-order valence-corrected chi connectivity index (χ3v) is 3.07. The SMILES string of the molecule is COc1cc(NC(=O)[C@@H]2CNC[C@H]2C)ccn1. The number of rotatable bonds is 3. The van der Waals surface area contributed by atoms with Crippen molar-refractivity contribution in [1.29, 1.82) is 0 Å². The van der Waals surface area contributed by atoms with Crippen LogP contribution in [0.25, 0.3) is 0 Å². The van der Waals surface area contributed by atoms with E-state index in [-0.39, 0.29) is 11.8 Å². The average Bonchev–Trinajstić information content (AvgIpc) is 2.76. The van der Waals surface area contributed by atoms with Crippen molar-refractivity contribution in [2.45, 2.75) is 6.92 Å². The molecule has 92 valence electrons. The molecule has 1 aliphatic rings. The third-order valence-electron chi connectivity index (χ3n) is 3.07. The van der Waals surface area contributed by atoms with Crippen LogP contribution in [-0.2, 0) is 4.79 Å². The van der Waals surface area contributed by atoms with Gasteiger partial charge in [-0.05, 0) is 18.5 Å². The van der Waals surface area contributed by atoms with E-state index in [9.17, 15) is 4.79 Å². The largest absolute Gasteiger partial charge is 0.481 e. The summed E-state index contributed by atoms with van der Waals surface area (Å²) < 4.78 is 5.01. The number of nitrogens with zero attached hydrogens (tertiary/aromatic N) is 1. The Morgan fingerprint density at radius 1 is 1.59 bits per heavy atom. The second-order valence-electron chi connectivity index (χ2n) is 4.32. The van der Waals surface area contributed by atoms with E-state index in [1.54, 1.807) is 25.4 Å². The summed E-state index contributed by atoms with van der Waals surface area (Å²) in [6.45, 7) is 3.73. The number of hydrogen-bond donors (Lipinski definition) is 2. The molecule has 0 radical (unpaired) electrons. The summed E-state index contributed by atoms with van der Waals surface area (Å²) in [5.74, 6) is 0.962. The molecule has 1 saturated heterocycles. The van der Waals surface area contributed by atoms with Gasteiger partial charge in [0.05, 0.1) is 13.0 Å². The molecule has 1 aliphatic heterocycles.